The molecule has 1 aliphatic carbocycles. The highest BCUT2D eigenvalue weighted by Crippen LogP contribution is 2.39. The quantitative estimate of drug-likeness (QED) is 0.612. The first-order valence-electron chi connectivity index (χ1n) is 5.39. The highest BCUT2D eigenvalue weighted by atomic mass is 35.5. The number of esters is 1. The summed E-state index contributed by atoms with van der Waals surface area (Å²) in [7, 11) is 1.33. The molecule has 4 heteroatoms. The van der Waals surface area contributed by atoms with Gasteiger partial charge in [0.15, 0.2) is 0 Å². The van der Waals surface area contributed by atoms with Gasteiger partial charge in [-0.25, -0.2) is 0 Å². The molecule has 1 aromatic carbocycles. The average molecular weight is 253 g/mol. The van der Waals surface area contributed by atoms with Crippen molar-refractivity contribution in [3.63, 3.8) is 0 Å². The summed E-state index contributed by atoms with van der Waals surface area (Å²) in [6.07, 6.45) is 2.14. The number of methoxy groups -OCH3 is 1. The van der Waals surface area contributed by atoms with E-state index in [-0.39, 0.29) is 12.4 Å². The predicted octanol–water partition coefficient (Wildman–Crippen LogP) is 2.19. The second kappa shape index (κ2) is 4.49. The summed E-state index contributed by atoms with van der Waals surface area (Å²) in [6, 6.07) is 5.58. The third kappa shape index (κ3) is 2.34. The minimum Gasteiger partial charge on any atom is -0.469 e. The van der Waals surface area contributed by atoms with Crippen molar-refractivity contribution in [2.45, 2.75) is 19.3 Å². The zero-order valence-electron chi connectivity index (χ0n) is 9.53. The molecule has 0 bridgehead atoms. The number of benzene rings is 1. The van der Waals surface area contributed by atoms with Crippen LogP contribution in [0.5, 0.6) is 0 Å². The van der Waals surface area contributed by atoms with Gasteiger partial charge in [0.1, 0.15) is 6.29 Å². The maximum atomic E-state index is 11.3. The van der Waals surface area contributed by atoms with Crippen LogP contribution in [0.4, 0.5) is 0 Å². The molecule has 0 radical (unpaired) electrons. The topological polar surface area (TPSA) is 43.4 Å². The zero-order valence-corrected chi connectivity index (χ0v) is 10.3. The largest absolute Gasteiger partial charge is 0.469 e. The van der Waals surface area contributed by atoms with E-state index >= 15 is 0 Å². The van der Waals surface area contributed by atoms with Crippen molar-refractivity contribution in [1.82, 2.24) is 0 Å². The molecular formula is C13H13ClO3. The fourth-order valence-corrected chi connectivity index (χ4v) is 2.56. The maximum absolute atomic E-state index is 11.3. The van der Waals surface area contributed by atoms with Crippen LogP contribution in [0.1, 0.15) is 17.5 Å². The van der Waals surface area contributed by atoms with E-state index in [1.165, 1.54) is 7.11 Å². The fourth-order valence-electron chi connectivity index (χ4n) is 2.36. The molecule has 0 saturated heterocycles. The van der Waals surface area contributed by atoms with E-state index in [0.717, 1.165) is 17.4 Å². The summed E-state index contributed by atoms with van der Waals surface area (Å²) >= 11 is 5.91. The number of hydrogen-bond donors (Lipinski definition) is 0. The van der Waals surface area contributed by atoms with E-state index in [9.17, 15) is 9.59 Å². The summed E-state index contributed by atoms with van der Waals surface area (Å²) in [5.74, 6) is -0.351. The molecule has 90 valence electrons. The van der Waals surface area contributed by atoms with Crippen LogP contribution < -0.4 is 0 Å². The van der Waals surface area contributed by atoms with Gasteiger partial charge in [-0.15, -0.1) is 0 Å². The number of halogens is 1. The molecule has 0 aromatic heterocycles. The van der Waals surface area contributed by atoms with E-state index in [1.54, 1.807) is 6.07 Å². The molecule has 3 nitrogen and oxygen atoms in total. The molecular weight excluding hydrogens is 240 g/mol. The van der Waals surface area contributed by atoms with Crippen molar-refractivity contribution in [2.75, 3.05) is 7.11 Å². The third-order valence-corrected chi connectivity index (χ3v) is 3.46. The summed E-state index contributed by atoms with van der Waals surface area (Å²) < 4.78 is 4.64. The van der Waals surface area contributed by atoms with Gasteiger partial charge in [-0.1, -0.05) is 17.7 Å². The van der Waals surface area contributed by atoms with Crippen LogP contribution in [0, 0.1) is 5.41 Å². The molecule has 1 unspecified atom stereocenters. The van der Waals surface area contributed by atoms with Crippen molar-refractivity contribution in [3.05, 3.63) is 34.3 Å². The molecule has 17 heavy (non-hydrogen) atoms. The Kier molecular flexibility index (Phi) is 3.20. The van der Waals surface area contributed by atoms with Gasteiger partial charge in [0.2, 0.25) is 0 Å². The Hall–Kier alpha value is -1.35. The van der Waals surface area contributed by atoms with Crippen molar-refractivity contribution >= 4 is 23.9 Å². The Morgan fingerprint density at radius 2 is 2.18 bits per heavy atom. The van der Waals surface area contributed by atoms with Crippen LogP contribution in [-0.2, 0) is 27.2 Å². The number of hydrogen-bond acceptors (Lipinski definition) is 3. The first-order valence-corrected chi connectivity index (χ1v) is 5.77. The highest BCUT2D eigenvalue weighted by Gasteiger charge is 2.39. The van der Waals surface area contributed by atoms with Gasteiger partial charge in [-0.05, 0) is 36.1 Å². The Morgan fingerprint density at radius 3 is 2.82 bits per heavy atom. The maximum Gasteiger partial charge on any atom is 0.306 e. The molecule has 0 heterocycles. The van der Waals surface area contributed by atoms with Crippen molar-refractivity contribution < 1.29 is 14.3 Å². The number of ether oxygens (including phenoxy) is 1. The van der Waals surface area contributed by atoms with Gasteiger partial charge in [0.25, 0.3) is 0 Å². The average Bonchev–Trinajstić information content (AvgIpc) is 2.67. The van der Waals surface area contributed by atoms with Crippen LogP contribution in [0.15, 0.2) is 18.2 Å². The van der Waals surface area contributed by atoms with Gasteiger partial charge >= 0.3 is 5.97 Å². The minimum atomic E-state index is -0.653. The summed E-state index contributed by atoms with van der Waals surface area (Å²) in [6.45, 7) is 0. The fraction of sp³-hybridized carbons (Fsp3) is 0.385. The lowest BCUT2D eigenvalue weighted by Crippen LogP contribution is -2.27. The van der Waals surface area contributed by atoms with Gasteiger partial charge in [0, 0.05) is 10.4 Å². The Morgan fingerprint density at radius 1 is 1.47 bits per heavy atom. The molecule has 0 spiro atoms. The van der Waals surface area contributed by atoms with E-state index in [2.05, 4.69) is 4.74 Å². The summed E-state index contributed by atoms with van der Waals surface area (Å²) in [4.78, 5) is 22.6. The molecule has 0 aliphatic heterocycles. The monoisotopic (exact) mass is 252 g/mol. The second-order valence-electron chi connectivity index (χ2n) is 4.50. The molecule has 1 atom stereocenters. The minimum absolute atomic E-state index is 0.124. The molecule has 0 N–H and O–H groups in total. The second-order valence-corrected chi connectivity index (χ2v) is 4.94. The molecule has 0 fully saturated rings. The van der Waals surface area contributed by atoms with Gasteiger partial charge in [-0.3, -0.25) is 4.79 Å². The Labute approximate surface area is 105 Å². The molecule has 0 saturated carbocycles. The Balaban J connectivity index is 2.26. The Bertz CT molecular complexity index is 470. The van der Waals surface area contributed by atoms with Crippen molar-refractivity contribution in [1.29, 1.82) is 0 Å². The summed E-state index contributed by atoms with van der Waals surface area (Å²) in [5.41, 5.74) is 1.49. The van der Waals surface area contributed by atoms with Gasteiger partial charge in [0.05, 0.1) is 13.5 Å². The van der Waals surface area contributed by atoms with Crippen molar-refractivity contribution in [3.8, 4) is 0 Å². The third-order valence-electron chi connectivity index (χ3n) is 3.23. The predicted molar refractivity (Wildman–Crippen MR) is 64.0 cm³/mol. The highest BCUT2D eigenvalue weighted by molar-refractivity contribution is 6.30. The SMILES string of the molecule is COC(=O)CC1(C=O)Cc2ccc(Cl)cc2C1. The van der Waals surface area contributed by atoms with Crippen molar-refractivity contribution in [2.24, 2.45) is 5.41 Å². The van der Waals surface area contributed by atoms with E-state index in [4.69, 9.17) is 11.6 Å². The van der Waals surface area contributed by atoms with Gasteiger partial charge in [-0.2, -0.15) is 0 Å². The zero-order chi connectivity index (χ0) is 12.5. The standard InChI is InChI=1S/C13H13ClO3/c1-17-12(16)7-13(8-15)5-9-2-3-11(14)4-10(9)6-13/h2-4,8H,5-7H2,1H3. The van der Waals surface area contributed by atoms with E-state index < -0.39 is 5.41 Å². The number of rotatable bonds is 3. The van der Waals surface area contributed by atoms with Gasteiger partial charge < -0.3 is 9.53 Å². The van der Waals surface area contributed by atoms with Crippen LogP contribution in [0.3, 0.4) is 0 Å². The lowest BCUT2D eigenvalue weighted by Gasteiger charge is -2.19. The number of aldehydes is 1. The number of fused-ring (bicyclic) bond motifs is 1. The summed E-state index contributed by atoms with van der Waals surface area (Å²) in [5, 5.41) is 0.656. The number of carbonyl (C=O) groups excluding carboxylic acids is 2. The first-order chi connectivity index (χ1) is 8.08. The lowest BCUT2D eigenvalue weighted by atomic mass is 9.83. The van der Waals surface area contributed by atoms with Crippen LogP contribution in [-0.4, -0.2) is 19.4 Å². The number of carbonyl (C=O) groups is 2. The molecule has 0 amide bonds. The van der Waals surface area contributed by atoms with Crippen LogP contribution in [0.2, 0.25) is 5.02 Å². The van der Waals surface area contributed by atoms with E-state index in [0.29, 0.717) is 17.9 Å². The lowest BCUT2D eigenvalue weighted by molar-refractivity contribution is -0.144. The normalized spacial score (nSPS) is 22.0. The molecule has 1 aliphatic rings. The van der Waals surface area contributed by atoms with E-state index in [1.807, 2.05) is 12.1 Å². The smallest absolute Gasteiger partial charge is 0.306 e. The first kappa shape index (κ1) is 12.1. The molecule has 2 rings (SSSR count). The molecule has 1 aromatic rings. The van der Waals surface area contributed by atoms with Crippen LogP contribution in [0.25, 0.3) is 0 Å². The van der Waals surface area contributed by atoms with Crippen LogP contribution >= 0.6 is 11.6 Å².